The first-order chi connectivity index (χ1) is 13.6. The van der Waals surface area contributed by atoms with Crippen LogP contribution >= 0.6 is 0 Å². The van der Waals surface area contributed by atoms with E-state index in [9.17, 15) is 8.42 Å². The second-order valence-corrected chi connectivity index (χ2v) is 8.38. The van der Waals surface area contributed by atoms with Crippen LogP contribution in [0.4, 0.5) is 0 Å². The maximum Gasteiger partial charge on any atom is 0.252 e. The van der Waals surface area contributed by atoms with Gasteiger partial charge in [-0.2, -0.15) is 9.29 Å². The van der Waals surface area contributed by atoms with E-state index in [-0.39, 0.29) is 11.5 Å². The van der Waals surface area contributed by atoms with Crippen LogP contribution in [-0.2, 0) is 28.0 Å². The van der Waals surface area contributed by atoms with E-state index >= 15 is 0 Å². The van der Waals surface area contributed by atoms with E-state index in [1.165, 1.54) is 16.6 Å². The molecular weight excluding hydrogens is 380 g/mol. The maximum absolute atomic E-state index is 12.9. The van der Waals surface area contributed by atoms with Gasteiger partial charge in [0.05, 0.1) is 12.6 Å². The van der Waals surface area contributed by atoms with Crippen LogP contribution in [0.2, 0.25) is 0 Å². The van der Waals surface area contributed by atoms with Crippen molar-refractivity contribution in [2.45, 2.75) is 37.0 Å². The van der Waals surface area contributed by atoms with Crippen LogP contribution in [0, 0.1) is 0 Å². The minimum Gasteiger partial charge on any atom is -0.367 e. The van der Waals surface area contributed by atoms with Crippen LogP contribution in [0.3, 0.4) is 0 Å². The number of rotatable bonds is 7. The molecule has 1 atom stereocenters. The Morgan fingerprint density at radius 1 is 1.14 bits per heavy atom. The zero-order valence-corrected chi connectivity index (χ0v) is 16.0. The van der Waals surface area contributed by atoms with E-state index in [1.807, 2.05) is 30.3 Å². The smallest absolute Gasteiger partial charge is 0.252 e. The summed E-state index contributed by atoms with van der Waals surface area (Å²) >= 11 is 0. The molecule has 1 aliphatic heterocycles. The van der Waals surface area contributed by atoms with E-state index in [2.05, 4.69) is 15.1 Å². The molecule has 0 bridgehead atoms. The summed E-state index contributed by atoms with van der Waals surface area (Å²) in [6.07, 6.45) is 4.27. The quantitative estimate of drug-likeness (QED) is 0.601. The van der Waals surface area contributed by atoms with Crippen molar-refractivity contribution in [1.82, 2.24) is 19.4 Å². The standard InChI is InChI=1S/C19H20N4O4S/c24-28(25,16-8-4-10-20-12-16)23-11-5-9-17(23)19-21-18(27-22-19)14-26-13-15-6-2-1-3-7-15/h1-4,6-8,10,12,17H,5,9,11,13-14H2. The maximum atomic E-state index is 12.9. The van der Waals surface area contributed by atoms with Gasteiger partial charge in [0.15, 0.2) is 5.82 Å². The van der Waals surface area contributed by atoms with Gasteiger partial charge >= 0.3 is 0 Å². The second-order valence-electron chi connectivity index (χ2n) is 6.49. The van der Waals surface area contributed by atoms with Gasteiger partial charge in [-0.3, -0.25) is 4.98 Å². The highest BCUT2D eigenvalue weighted by Gasteiger charge is 2.38. The summed E-state index contributed by atoms with van der Waals surface area (Å²) in [5.74, 6) is 0.694. The largest absolute Gasteiger partial charge is 0.367 e. The molecule has 146 valence electrons. The van der Waals surface area contributed by atoms with Gasteiger partial charge in [-0.1, -0.05) is 35.5 Å². The number of hydrogen-bond acceptors (Lipinski definition) is 7. The highest BCUT2D eigenvalue weighted by Crippen LogP contribution is 2.35. The van der Waals surface area contributed by atoms with Crippen LogP contribution < -0.4 is 0 Å². The predicted molar refractivity (Wildman–Crippen MR) is 99.3 cm³/mol. The average molecular weight is 400 g/mol. The van der Waals surface area contributed by atoms with Gasteiger partial charge in [0, 0.05) is 18.9 Å². The molecule has 3 aromatic rings. The molecule has 1 aromatic carbocycles. The van der Waals surface area contributed by atoms with Gasteiger partial charge in [-0.25, -0.2) is 8.42 Å². The zero-order valence-electron chi connectivity index (χ0n) is 15.1. The van der Waals surface area contributed by atoms with Gasteiger partial charge < -0.3 is 9.26 Å². The Kier molecular flexibility index (Phi) is 5.47. The Morgan fingerprint density at radius 3 is 2.79 bits per heavy atom. The third kappa shape index (κ3) is 3.96. The fourth-order valence-corrected chi connectivity index (χ4v) is 4.83. The van der Waals surface area contributed by atoms with Crippen molar-refractivity contribution in [3.63, 3.8) is 0 Å². The molecule has 0 saturated carbocycles. The molecule has 4 rings (SSSR count). The van der Waals surface area contributed by atoms with E-state index in [0.717, 1.165) is 12.0 Å². The van der Waals surface area contributed by atoms with Crippen molar-refractivity contribution in [1.29, 1.82) is 0 Å². The SMILES string of the molecule is O=S(=O)(c1cccnc1)N1CCCC1c1noc(COCc2ccccc2)n1. The summed E-state index contributed by atoms with van der Waals surface area (Å²) in [4.78, 5) is 8.43. The zero-order chi connectivity index (χ0) is 19.4. The molecule has 1 saturated heterocycles. The van der Waals surface area contributed by atoms with Crippen molar-refractivity contribution in [3.05, 3.63) is 72.1 Å². The molecule has 1 fully saturated rings. The van der Waals surface area contributed by atoms with E-state index < -0.39 is 16.1 Å². The van der Waals surface area contributed by atoms with Crippen LogP contribution in [-0.4, -0.2) is 34.4 Å². The van der Waals surface area contributed by atoms with Crippen molar-refractivity contribution < 1.29 is 17.7 Å². The number of aromatic nitrogens is 3. The summed E-state index contributed by atoms with van der Waals surface area (Å²) in [7, 11) is -3.66. The molecule has 1 unspecified atom stereocenters. The fraction of sp³-hybridized carbons (Fsp3) is 0.316. The highest BCUT2D eigenvalue weighted by molar-refractivity contribution is 7.89. The van der Waals surface area contributed by atoms with Crippen LogP contribution in [0.25, 0.3) is 0 Å². The molecule has 2 aromatic heterocycles. The minimum absolute atomic E-state index is 0.164. The molecular formula is C19H20N4O4S. The summed E-state index contributed by atoms with van der Waals surface area (Å²) < 4.78 is 38.1. The molecule has 0 N–H and O–H groups in total. The van der Waals surface area contributed by atoms with E-state index in [0.29, 0.717) is 31.3 Å². The lowest BCUT2D eigenvalue weighted by Gasteiger charge is -2.21. The lowest BCUT2D eigenvalue weighted by molar-refractivity contribution is 0.0850. The summed E-state index contributed by atoms with van der Waals surface area (Å²) in [6, 6.07) is 12.5. The van der Waals surface area contributed by atoms with E-state index in [4.69, 9.17) is 9.26 Å². The summed E-state index contributed by atoms with van der Waals surface area (Å²) in [6.45, 7) is 1.02. The van der Waals surface area contributed by atoms with Crippen LogP contribution in [0.15, 0.2) is 64.3 Å². The predicted octanol–water partition coefficient (Wildman–Crippen LogP) is 2.71. The summed E-state index contributed by atoms with van der Waals surface area (Å²) in [5.41, 5.74) is 1.05. The topological polar surface area (TPSA) is 98.4 Å². The number of hydrogen-bond donors (Lipinski definition) is 0. The molecule has 1 aliphatic rings. The Morgan fingerprint density at radius 2 is 2.00 bits per heavy atom. The molecule has 8 nitrogen and oxygen atoms in total. The summed E-state index contributed by atoms with van der Waals surface area (Å²) in [5, 5.41) is 3.99. The molecule has 0 aliphatic carbocycles. The number of benzene rings is 1. The molecule has 0 radical (unpaired) electrons. The Hall–Kier alpha value is -2.62. The molecule has 0 amide bonds. The first kappa shape index (κ1) is 18.7. The van der Waals surface area contributed by atoms with Crippen LogP contribution in [0.1, 0.15) is 36.2 Å². The fourth-order valence-electron chi connectivity index (χ4n) is 3.21. The first-order valence-corrected chi connectivity index (χ1v) is 10.4. The van der Waals surface area contributed by atoms with Crippen molar-refractivity contribution in [2.75, 3.05) is 6.54 Å². The lowest BCUT2D eigenvalue weighted by Crippen LogP contribution is -2.31. The molecule has 3 heterocycles. The van der Waals surface area contributed by atoms with E-state index in [1.54, 1.807) is 12.3 Å². The highest BCUT2D eigenvalue weighted by atomic mass is 32.2. The minimum atomic E-state index is -3.66. The lowest BCUT2D eigenvalue weighted by atomic mass is 10.2. The third-order valence-corrected chi connectivity index (χ3v) is 6.46. The van der Waals surface area contributed by atoms with Crippen LogP contribution in [0.5, 0.6) is 0 Å². The van der Waals surface area contributed by atoms with Crippen molar-refractivity contribution >= 4 is 10.0 Å². The van der Waals surface area contributed by atoms with Crippen molar-refractivity contribution in [3.8, 4) is 0 Å². The van der Waals surface area contributed by atoms with Crippen molar-refractivity contribution in [2.24, 2.45) is 0 Å². The van der Waals surface area contributed by atoms with Gasteiger partial charge in [0.25, 0.3) is 5.89 Å². The van der Waals surface area contributed by atoms with Gasteiger partial charge in [-0.15, -0.1) is 0 Å². The van der Waals surface area contributed by atoms with Gasteiger partial charge in [0.2, 0.25) is 10.0 Å². The van der Waals surface area contributed by atoms with Gasteiger partial charge in [0.1, 0.15) is 11.5 Å². The average Bonchev–Trinajstić information content (AvgIpc) is 3.39. The third-order valence-electron chi connectivity index (χ3n) is 4.56. The normalized spacial score (nSPS) is 17.8. The van der Waals surface area contributed by atoms with Gasteiger partial charge in [-0.05, 0) is 30.5 Å². The Bertz CT molecular complexity index is 1010. The monoisotopic (exact) mass is 400 g/mol. The number of nitrogens with zero attached hydrogens (tertiary/aromatic N) is 4. The number of sulfonamides is 1. The second kappa shape index (κ2) is 8.17. The molecule has 28 heavy (non-hydrogen) atoms. The Balaban J connectivity index is 1.44. The number of pyridine rings is 1. The Labute approximate surface area is 163 Å². The first-order valence-electron chi connectivity index (χ1n) is 9.00. The number of ether oxygens (including phenoxy) is 1. The molecule has 9 heteroatoms. The molecule has 0 spiro atoms.